The van der Waals surface area contributed by atoms with E-state index in [0.717, 1.165) is 4.80 Å². The van der Waals surface area contributed by atoms with Crippen molar-refractivity contribution in [1.29, 1.82) is 0 Å². The molecule has 1 amide bonds. The fraction of sp³-hybridized carbons (Fsp3) is 0.357. The molecule has 122 valence electrons. The maximum atomic E-state index is 11.7. The van der Waals surface area contributed by atoms with Crippen LogP contribution in [0.1, 0.15) is 38.2 Å². The van der Waals surface area contributed by atoms with Gasteiger partial charge in [0.1, 0.15) is 11.3 Å². The number of nitrogens with one attached hydrogen (secondary N) is 1. The van der Waals surface area contributed by atoms with Crippen LogP contribution in [-0.4, -0.2) is 37.5 Å². The molecule has 0 fully saturated rings. The van der Waals surface area contributed by atoms with Gasteiger partial charge in [0.15, 0.2) is 11.6 Å². The van der Waals surface area contributed by atoms with E-state index in [1.54, 1.807) is 20.8 Å². The van der Waals surface area contributed by atoms with Crippen LogP contribution in [0.25, 0.3) is 5.82 Å². The minimum atomic E-state index is -0.612. The second kappa shape index (κ2) is 6.33. The van der Waals surface area contributed by atoms with Crippen LogP contribution in [-0.2, 0) is 4.74 Å². The largest absolute Gasteiger partial charge is 0.444 e. The molecule has 23 heavy (non-hydrogen) atoms. The molecule has 8 nitrogen and oxygen atoms in total. The number of hydrogen-bond donors (Lipinski definition) is 1. The van der Waals surface area contributed by atoms with E-state index >= 15 is 0 Å². The minimum absolute atomic E-state index is 0.207. The Kier molecular flexibility index (Phi) is 4.65. The summed E-state index contributed by atoms with van der Waals surface area (Å²) in [7, 11) is 0. The molecule has 0 bridgehead atoms. The molecule has 0 unspecified atom stereocenters. The molecule has 0 spiro atoms. The van der Waals surface area contributed by atoms with Gasteiger partial charge in [0, 0.05) is 6.92 Å². The zero-order valence-electron chi connectivity index (χ0n) is 13.1. The summed E-state index contributed by atoms with van der Waals surface area (Å²) < 4.78 is 5.14. The second-order valence-electron chi connectivity index (χ2n) is 5.73. The quantitative estimate of drug-likeness (QED) is 0.864. The lowest BCUT2D eigenvalue weighted by atomic mass is 10.2. The second-order valence-corrected chi connectivity index (χ2v) is 6.14. The van der Waals surface area contributed by atoms with E-state index < -0.39 is 11.7 Å². The lowest BCUT2D eigenvalue weighted by molar-refractivity contribution is 0.0635. The number of anilines is 1. The van der Waals surface area contributed by atoms with E-state index in [9.17, 15) is 9.59 Å². The van der Waals surface area contributed by atoms with E-state index in [2.05, 4.69) is 20.5 Å². The van der Waals surface area contributed by atoms with E-state index in [0.29, 0.717) is 5.69 Å². The van der Waals surface area contributed by atoms with E-state index in [-0.39, 0.29) is 22.3 Å². The SMILES string of the molecule is CC(=O)c1cnn(-c2ncc(NC(=O)OC(C)(C)C)cc2Cl)n1. The molecule has 0 aliphatic carbocycles. The summed E-state index contributed by atoms with van der Waals surface area (Å²) in [5, 5.41) is 10.7. The fourth-order valence-electron chi connectivity index (χ4n) is 1.59. The number of halogens is 1. The van der Waals surface area contributed by atoms with Crippen LogP contribution in [0.15, 0.2) is 18.5 Å². The number of aromatic nitrogens is 4. The van der Waals surface area contributed by atoms with Gasteiger partial charge in [-0.1, -0.05) is 11.6 Å². The molecule has 0 saturated carbocycles. The number of ketones is 1. The standard InChI is InChI=1S/C14H16ClN5O3/c1-8(21)11-7-17-20(19-11)12-10(15)5-9(6-16-12)18-13(22)23-14(2,3)4/h5-7H,1-4H3,(H,18,22). The number of nitrogens with zero attached hydrogens (tertiary/aromatic N) is 4. The Morgan fingerprint density at radius 2 is 2.00 bits per heavy atom. The van der Waals surface area contributed by atoms with Crippen LogP contribution >= 0.6 is 11.6 Å². The first-order valence-corrected chi connectivity index (χ1v) is 7.13. The third kappa shape index (κ3) is 4.49. The molecule has 0 aromatic carbocycles. The molecule has 2 heterocycles. The smallest absolute Gasteiger partial charge is 0.412 e. The van der Waals surface area contributed by atoms with Gasteiger partial charge in [-0.15, -0.1) is 9.90 Å². The Balaban J connectivity index is 2.17. The molecule has 1 N–H and O–H groups in total. The molecular weight excluding hydrogens is 322 g/mol. The van der Waals surface area contributed by atoms with Gasteiger partial charge < -0.3 is 4.74 Å². The van der Waals surface area contributed by atoms with Gasteiger partial charge in [0.2, 0.25) is 0 Å². The van der Waals surface area contributed by atoms with Crippen molar-refractivity contribution in [2.24, 2.45) is 0 Å². The van der Waals surface area contributed by atoms with E-state index in [4.69, 9.17) is 16.3 Å². The highest BCUT2D eigenvalue weighted by Gasteiger charge is 2.17. The summed E-state index contributed by atoms with van der Waals surface area (Å²) in [4.78, 5) is 28.2. The summed E-state index contributed by atoms with van der Waals surface area (Å²) in [5.74, 6) is 0.0319. The molecule has 0 radical (unpaired) electrons. The fourth-order valence-corrected chi connectivity index (χ4v) is 1.84. The summed E-state index contributed by atoms with van der Waals surface area (Å²) in [6.07, 6.45) is 2.11. The topological polar surface area (TPSA) is 99.0 Å². The Labute approximate surface area is 137 Å². The Morgan fingerprint density at radius 3 is 2.52 bits per heavy atom. The van der Waals surface area contributed by atoms with Gasteiger partial charge in [-0.3, -0.25) is 10.1 Å². The van der Waals surface area contributed by atoms with Gasteiger partial charge >= 0.3 is 6.09 Å². The van der Waals surface area contributed by atoms with Crippen molar-refractivity contribution in [3.05, 3.63) is 29.2 Å². The average Bonchev–Trinajstić information content (AvgIpc) is 2.85. The zero-order chi connectivity index (χ0) is 17.2. The average molecular weight is 338 g/mol. The lowest BCUT2D eigenvalue weighted by Gasteiger charge is -2.19. The third-order valence-corrected chi connectivity index (χ3v) is 2.79. The van der Waals surface area contributed by atoms with Crippen molar-refractivity contribution < 1.29 is 14.3 Å². The number of rotatable bonds is 3. The van der Waals surface area contributed by atoms with Gasteiger partial charge in [-0.05, 0) is 26.8 Å². The molecule has 0 aliphatic heterocycles. The van der Waals surface area contributed by atoms with E-state index in [1.165, 1.54) is 25.4 Å². The van der Waals surface area contributed by atoms with Crippen LogP contribution in [0.5, 0.6) is 0 Å². The van der Waals surface area contributed by atoms with Crippen molar-refractivity contribution in [1.82, 2.24) is 20.0 Å². The predicted octanol–water partition coefficient (Wildman–Crippen LogP) is 2.87. The van der Waals surface area contributed by atoms with Crippen molar-refractivity contribution in [3.63, 3.8) is 0 Å². The summed E-state index contributed by atoms with van der Waals surface area (Å²) >= 11 is 6.13. The van der Waals surface area contributed by atoms with Crippen LogP contribution in [0.4, 0.5) is 10.5 Å². The Hall–Kier alpha value is -2.48. The minimum Gasteiger partial charge on any atom is -0.444 e. The van der Waals surface area contributed by atoms with E-state index in [1.807, 2.05) is 0 Å². The highest BCUT2D eigenvalue weighted by atomic mass is 35.5. The molecule has 0 aliphatic rings. The molecular formula is C14H16ClN5O3. The highest BCUT2D eigenvalue weighted by Crippen LogP contribution is 2.21. The number of amides is 1. The maximum absolute atomic E-state index is 11.7. The number of pyridine rings is 1. The third-order valence-electron chi connectivity index (χ3n) is 2.51. The van der Waals surface area contributed by atoms with Crippen LogP contribution in [0.3, 0.4) is 0 Å². The molecule has 2 rings (SSSR count). The van der Waals surface area contributed by atoms with Gasteiger partial charge in [0.05, 0.1) is 23.1 Å². The van der Waals surface area contributed by atoms with Gasteiger partial charge in [0.25, 0.3) is 0 Å². The first-order valence-electron chi connectivity index (χ1n) is 6.75. The lowest BCUT2D eigenvalue weighted by Crippen LogP contribution is -2.27. The zero-order valence-corrected chi connectivity index (χ0v) is 13.9. The van der Waals surface area contributed by atoms with Crippen molar-refractivity contribution >= 4 is 29.2 Å². The number of carbonyl (C=O) groups excluding carboxylic acids is 2. The summed E-state index contributed by atoms with van der Waals surface area (Å²) in [6, 6.07) is 1.49. The first kappa shape index (κ1) is 16.9. The molecule has 0 atom stereocenters. The van der Waals surface area contributed by atoms with Crippen molar-refractivity contribution in [2.45, 2.75) is 33.3 Å². The van der Waals surface area contributed by atoms with Crippen molar-refractivity contribution in [3.8, 4) is 5.82 Å². The number of carbonyl (C=O) groups is 2. The molecule has 9 heteroatoms. The monoisotopic (exact) mass is 337 g/mol. The van der Waals surface area contributed by atoms with Gasteiger partial charge in [-0.25, -0.2) is 9.78 Å². The Bertz CT molecular complexity index is 751. The van der Waals surface area contributed by atoms with Gasteiger partial charge in [-0.2, -0.15) is 5.10 Å². The van der Waals surface area contributed by atoms with Crippen molar-refractivity contribution in [2.75, 3.05) is 5.32 Å². The Morgan fingerprint density at radius 1 is 1.30 bits per heavy atom. The normalized spacial score (nSPS) is 11.2. The number of ether oxygens (including phenoxy) is 1. The number of hydrogen-bond acceptors (Lipinski definition) is 6. The predicted molar refractivity (Wildman–Crippen MR) is 84.0 cm³/mol. The highest BCUT2D eigenvalue weighted by molar-refractivity contribution is 6.32. The first-order chi connectivity index (χ1) is 10.7. The maximum Gasteiger partial charge on any atom is 0.412 e. The molecule has 2 aromatic heterocycles. The summed E-state index contributed by atoms with van der Waals surface area (Å²) in [6.45, 7) is 6.67. The van der Waals surface area contributed by atoms with Crippen LogP contribution in [0, 0.1) is 0 Å². The summed E-state index contributed by atoms with van der Waals surface area (Å²) in [5.41, 5.74) is -0.0330. The van der Waals surface area contributed by atoms with Crippen LogP contribution < -0.4 is 5.32 Å². The molecule has 0 saturated heterocycles. The van der Waals surface area contributed by atoms with Crippen LogP contribution in [0.2, 0.25) is 5.02 Å². The molecule has 2 aromatic rings. The number of Topliss-reactive ketones (excluding diaryl/α,β-unsaturated/α-hetero) is 1.